The molecule has 0 aliphatic heterocycles. The van der Waals surface area contributed by atoms with Crippen molar-refractivity contribution in [1.82, 2.24) is 0 Å². The van der Waals surface area contributed by atoms with Gasteiger partial charge >= 0.3 is 0 Å². The van der Waals surface area contributed by atoms with E-state index >= 15 is 0 Å². The van der Waals surface area contributed by atoms with E-state index in [-0.39, 0.29) is 0 Å². The highest BCUT2D eigenvalue weighted by atomic mass is 13.8. The first kappa shape index (κ1) is 10.2. The zero-order chi connectivity index (χ0) is 8.36. The lowest BCUT2D eigenvalue weighted by Crippen LogP contribution is -1.68. The van der Waals surface area contributed by atoms with Gasteiger partial charge in [0, 0.05) is 0 Å². The Balaban J connectivity index is 3.06. The van der Waals surface area contributed by atoms with Gasteiger partial charge in [-0.25, -0.2) is 0 Å². The molecular formula is C11H18. The van der Waals surface area contributed by atoms with E-state index < -0.39 is 0 Å². The van der Waals surface area contributed by atoms with Crippen LogP contribution in [0.5, 0.6) is 0 Å². The molecule has 0 spiro atoms. The third-order valence-corrected chi connectivity index (χ3v) is 1.45. The van der Waals surface area contributed by atoms with Crippen LogP contribution in [0.25, 0.3) is 0 Å². The second-order valence-corrected chi connectivity index (χ2v) is 2.50. The molecule has 0 radical (unpaired) electrons. The standard InChI is InChI=1S/C11H18/c1-3-5-7-9-11-10-8-6-4-2/h3-4,6-7,9H,1,5,8,10-11H2,2H3. The summed E-state index contributed by atoms with van der Waals surface area (Å²) in [6.07, 6.45) is 15.3. The maximum Gasteiger partial charge on any atom is -0.0172 e. The molecule has 0 N–H and O–H groups in total. The Hall–Kier alpha value is -0.780. The molecule has 11 heavy (non-hydrogen) atoms. The summed E-state index contributed by atoms with van der Waals surface area (Å²) in [6.45, 7) is 5.71. The van der Waals surface area contributed by atoms with E-state index in [1.165, 1.54) is 19.3 Å². The average Bonchev–Trinajstić information content (AvgIpc) is 2.03. The van der Waals surface area contributed by atoms with Gasteiger partial charge in [0.05, 0.1) is 0 Å². The Kier molecular flexibility index (Phi) is 8.57. The summed E-state index contributed by atoms with van der Waals surface area (Å²) in [7, 11) is 0. The summed E-state index contributed by atoms with van der Waals surface area (Å²) < 4.78 is 0. The van der Waals surface area contributed by atoms with Crippen molar-refractivity contribution < 1.29 is 0 Å². The molecule has 0 unspecified atom stereocenters. The van der Waals surface area contributed by atoms with Crippen molar-refractivity contribution in [2.45, 2.75) is 32.6 Å². The summed E-state index contributed by atoms with van der Waals surface area (Å²) in [5.74, 6) is 0. The lowest BCUT2D eigenvalue weighted by Gasteiger charge is -1.88. The zero-order valence-corrected chi connectivity index (χ0v) is 7.42. The third-order valence-electron chi connectivity index (χ3n) is 1.45. The van der Waals surface area contributed by atoms with Crippen LogP contribution in [0.1, 0.15) is 32.6 Å². The molecule has 0 nitrogen and oxygen atoms in total. The molecule has 62 valence electrons. The predicted molar refractivity (Wildman–Crippen MR) is 52.6 cm³/mol. The first-order valence-corrected chi connectivity index (χ1v) is 4.29. The largest absolute Gasteiger partial charge is 0.103 e. The molecule has 0 bridgehead atoms. The van der Waals surface area contributed by atoms with Gasteiger partial charge in [-0.05, 0) is 32.6 Å². The van der Waals surface area contributed by atoms with Gasteiger partial charge in [0.1, 0.15) is 0 Å². The van der Waals surface area contributed by atoms with Crippen molar-refractivity contribution in [3.05, 3.63) is 37.0 Å². The van der Waals surface area contributed by atoms with Crippen LogP contribution in [0.2, 0.25) is 0 Å². The van der Waals surface area contributed by atoms with Crippen LogP contribution < -0.4 is 0 Å². The number of unbranched alkanes of at least 4 members (excludes halogenated alkanes) is 2. The monoisotopic (exact) mass is 150 g/mol. The normalized spacial score (nSPS) is 11.4. The second-order valence-electron chi connectivity index (χ2n) is 2.50. The molecule has 0 saturated heterocycles. The zero-order valence-electron chi connectivity index (χ0n) is 7.42. The highest BCUT2D eigenvalue weighted by Gasteiger charge is 1.78. The fourth-order valence-corrected chi connectivity index (χ4v) is 0.831. The first-order valence-electron chi connectivity index (χ1n) is 4.29. The van der Waals surface area contributed by atoms with Crippen molar-refractivity contribution in [1.29, 1.82) is 0 Å². The Labute approximate surface area is 70.3 Å². The Morgan fingerprint density at radius 1 is 1.09 bits per heavy atom. The summed E-state index contributed by atoms with van der Waals surface area (Å²) >= 11 is 0. The smallest absolute Gasteiger partial charge is 0.0172 e. The molecule has 0 aromatic heterocycles. The van der Waals surface area contributed by atoms with Gasteiger partial charge in [0.15, 0.2) is 0 Å². The van der Waals surface area contributed by atoms with E-state index in [1.807, 2.05) is 6.08 Å². The van der Waals surface area contributed by atoms with Crippen LogP contribution in [-0.4, -0.2) is 0 Å². The lowest BCUT2D eigenvalue weighted by molar-refractivity contribution is 0.865. The average molecular weight is 150 g/mol. The van der Waals surface area contributed by atoms with Crippen molar-refractivity contribution in [3.63, 3.8) is 0 Å². The van der Waals surface area contributed by atoms with Gasteiger partial charge in [-0.3, -0.25) is 0 Å². The molecule has 0 aliphatic rings. The molecule has 0 fully saturated rings. The Bertz CT molecular complexity index is 129. The topological polar surface area (TPSA) is 0 Å². The van der Waals surface area contributed by atoms with Crippen LogP contribution in [-0.2, 0) is 0 Å². The van der Waals surface area contributed by atoms with Crippen LogP contribution in [0.4, 0.5) is 0 Å². The van der Waals surface area contributed by atoms with E-state index in [0.29, 0.717) is 0 Å². The number of allylic oxidation sites excluding steroid dienone is 5. The van der Waals surface area contributed by atoms with Crippen LogP contribution in [0, 0.1) is 0 Å². The quantitative estimate of drug-likeness (QED) is 0.398. The predicted octanol–water partition coefficient (Wildman–Crippen LogP) is 3.87. The Morgan fingerprint density at radius 3 is 2.45 bits per heavy atom. The van der Waals surface area contributed by atoms with Gasteiger partial charge in [0.25, 0.3) is 0 Å². The summed E-state index contributed by atoms with van der Waals surface area (Å²) in [6, 6.07) is 0. The van der Waals surface area contributed by atoms with Crippen molar-refractivity contribution >= 4 is 0 Å². The molecule has 0 heteroatoms. The van der Waals surface area contributed by atoms with E-state index in [1.54, 1.807) is 0 Å². The van der Waals surface area contributed by atoms with Gasteiger partial charge in [-0.2, -0.15) is 0 Å². The van der Waals surface area contributed by atoms with Gasteiger partial charge < -0.3 is 0 Å². The minimum Gasteiger partial charge on any atom is -0.103 e. The van der Waals surface area contributed by atoms with E-state index in [0.717, 1.165) is 6.42 Å². The van der Waals surface area contributed by atoms with E-state index in [9.17, 15) is 0 Å². The SMILES string of the molecule is C=CCC=CCCCC=CC. The number of hydrogen-bond acceptors (Lipinski definition) is 0. The third kappa shape index (κ3) is 9.22. The molecule has 0 saturated carbocycles. The molecule has 0 aromatic rings. The molecule has 0 aromatic carbocycles. The summed E-state index contributed by atoms with van der Waals surface area (Å²) in [5, 5.41) is 0. The minimum absolute atomic E-state index is 1.00. The molecule has 0 amide bonds. The van der Waals surface area contributed by atoms with Gasteiger partial charge in [-0.1, -0.05) is 30.4 Å². The van der Waals surface area contributed by atoms with E-state index in [4.69, 9.17) is 0 Å². The second kappa shape index (κ2) is 9.22. The highest BCUT2D eigenvalue weighted by Crippen LogP contribution is 1.98. The maximum absolute atomic E-state index is 3.65. The van der Waals surface area contributed by atoms with Crippen LogP contribution in [0.3, 0.4) is 0 Å². The fraction of sp³-hybridized carbons (Fsp3) is 0.455. The first-order chi connectivity index (χ1) is 5.41. The van der Waals surface area contributed by atoms with Crippen molar-refractivity contribution in [2.75, 3.05) is 0 Å². The van der Waals surface area contributed by atoms with Crippen LogP contribution >= 0.6 is 0 Å². The molecule has 0 aliphatic carbocycles. The molecular weight excluding hydrogens is 132 g/mol. The Morgan fingerprint density at radius 2 is 1.82 bits per heavy atom. The van der Waals surface area contributed by atoms with Gasteiger partial charge in [0.2, 0.25) is 0 Å². The molecule has 0 heterocycles. The van der Waals surface area contributed by atoms with E-state index in [2.05, 4.69) is 37.8 Å². The minimum atomic E-state index is 1.00. The number of hydrogen-bond donors (Lipinski definition) is 0. The summed E-state index contributed by atoms with van der Waals surface area (Å²) in [4.78, 5) is 0. The van der Waals surface area contributed by atoms with Crippen LogP contribution in [0.15, 0.2) is 37.0 Å². The molecule has 0 rings (SSSR count). The maximum atomic E-state index is 3.65. The highest BCUT2D eigenvalue weighted by molar-refractivity contribution is 4.88. The number of rotatable bonds is 6. The van der Waals surface area contributed by atoms with Crippen molar-refractivity contribution in [2.24, 2.45) is 0 Å². The summed E-state index contributed by atoms with van der Waals surface area (Å²) in [5.41, 5.74) is 0. The molecule has 0 atom stereocenters. The van der Waals surface area contributed by atoms with Gasteiger partial charge in [-0.15, -0.1) is 6.58 Å². The van der Waals surface area contributed by atoms with Crippen molar-refractivity contribution in [3.8, 4) is 0 Å². The fourth-order valence-electron chi connectivity index (χ4n) is 0.831. The lowest BCUT2D eigenvalue weighted by atomic mass is 10.2.